The first-order chi connectivity index (χ1) is 8.25. The molecule has 0 fully saturated rings. The van der Waals surface area contributed by atoms with E-state index in [1.54, 1.807) is 30.5 Å². The normalized spacial score (nSPS) is 10.6. The predicted molar refractivity (Wildman–Crippen MR) is 70.3 cm³/mol. The van der Waals surface area contributed by atoms with Gasteiger partial charge in [-0.2, -0.15) is 0 Å². The van der Waals surface area contributed by atoms with Crippen LogP contribution >= 0.6 is 11.6 Å². The number of hydrogen-bond donors (Lipinski definition) is 0. The van der Waals surface area contributed by atoms with Crippen LogP contribution in [0.5, 0.6) is 0 Å². The van der Waals surface area contributed by atoms with Gasteiger partial charge in [-0.05, 0) is 41.4 Å². The number of carbonyl (C=O) groups is 1. The van der Waals surface area contributed by atoms with Crippen LogP contribution in [0.15, 0.2) is 59.6 Å². The monoisotopic (exact) mass is 243 g/mol. The van der Waals surface area contributed by atoms with Crippen molar-refractivity contribution in [3.63, 3.8) is 0 Å². The Balaban J connectivity index is 2.14. The summed E-state index contributed by atoms with van der Waals surface area (Å²) in [5.74, 6) is 0. The average molecular weight is 244 g/mol. The van der Waals surface area contributed by atoms with E-state index in [-0.39, 0.29) is 0 Å². The van der Waals surface area contributed by atoms with E-state index in [9.17, 15) is 4.79 Å². The molecule has 2 aromatic carbocycles. The third-order valence-electron chi connectivity index (χ3n) is 2.26. The van der Waals surface area contributed by atoms with Crippen molar-refractivity contribution in [3.05, 3.63) is 65.7 Å². The van der Waals surface area contributed by atoms with Gasteiger partial charge in [0.15, 0.2) is 0 Å². The number of nitrogens with zero attached hydrogens (tertiary/aromatic N) is 1. The topological polar surface area (TPSA) is 29.4 Å². The highest BCUT2D eigenvalue weighted by Gasteiger charge is 1.99. The molecule has 0 amide bonds. The second-order valence-electron chi connectivity index (χ2n) is 3.49. The lowest BCUT2D eigenvalue weighted by atomic mass is 10.2. The summed E-state index contributed by atoms with van der Waals surface area (Å²) >= 11 is 5.35. The number of halogens is 1. The molecule has 0 heterocycles. The van der Waals surface area contributed by atoms with Gasteiger partial charge in [0.2, 0.25) is 0 Å². The lowest BCUT2D eigenvalue weighted by Gasteiger charge is -1.95. The number of aliphatic imine (C=N–C) groups is 1. The van der Waals surface area contributed by atoms with E-state index in [2.05, 4.69) is 4.99 Å². The molecule has 0 N–H and O–H groups in total. The Labute approximate surface area is 105 Å². The molecule has 0 bridgehead atoms. The maximum Gasteiger partial charge on any atom is 0.252 e. The van der Waals surface area contributed by atoms with Gasteiger partial charge >= 0.3 is 0 Å². The fourth-order valence-corrected chi connectivity index (χ4v) is 1.49. The van der Waals surface area contributed by atoms with Crippen LogP contribution in [-0.2, 0) is 0 Å². The molecular formula is C14H10ClNO. The van der Waals surface area contributed by atoms with Crippen LogP contribution in [-0.4, -0.2) is 11.5 Å². The van der Waals surface area contributed by atoms with Crippen LogP contribution in [0.25, 0.3) is 0 Å². The van der Waals surface area contributed by atoms with Crippen molar-refractivity contribution in [2.24, 2.45) is 4.99 Å². The van der Waals surface area contributed by atoms with E-state index in [1.807, 2.05) is 30.3 Å². The molecule has 2 aromatic rings. The molecule has 2 rings (SSSR count). The Hall–Kier alpha value is -1.93. The SMILES string of the molecule is O=C(Cl)c1ccc(N=Cc2ccccc2)cc1. The Morgan fingerprint density at radius 2 is 1.65 bits per heavy atom. The van der Waals surface area contributed by atoms with Crippen molar-refractivity contribution in [3.8, 4) is 0 Å². The molecule has 0 aliphatic rings. The van der Waals surface area contributed by atoms with Crippen LogP contribution in [0.1, 0.15) is 15.9 Å². The average Bonchev–Trinajstić information content (AvgIpc) is 2.38. The van der Waals surface area contributed by atoms with Crippen LogP contribution in [0.3, 0.4) is 0 Å². The van der Waals surface area contributed by atoms with Gasteiger partial charge in [0.05, 0.1) is 5.69 Å². The molecular weight excluding hydrogens is 234 g/mol. The van der Waals surface area contributed by atoms with Crippen LogP contribution < -0.4 is 0 Å². The van der Waals surface area contributed by atoms with E-state index < -0.39 is 5.24 Å². The minimum absolute atomic E-state index is 0.455. The molecule has 0 radical (unpaired) electrons. The molecule has 0 aliphatic carbocycles. The third-order valence-corrected chi connectivity index (χ3v) is 2.47. The molecule has 2 nitrogen and oxygen atoms in total. The number of benzene rings is 2. The standard InChI is InChI=1S/C14H10ClNO/c15-14(17)12-6-8-13(9-7-12)16-10-11-4-2-1-3-5-11/h1-10H. The zero-order valence-electron chi connectivity index (χ0n) is 9.01. The molecule has 0 unspecified atom stereocenters. The molecule has 0 saturated carbocycles. The van der Waals surface area contributed by atoms with Crippen LogP contribution in [0.2, 0.25) is 0 Å². The summed E-state index contributed by atoms with van der Waals surface area (Å²) in [6, 6.07) is 16.6. The second-order valence-corrected chi connectivity index (χ2v) is 3.83. The number of rotatable bonds is 3. The first-order valence-electron chi connectivity index (χ1n) is 5.15. The molecule has 0 spiro atoms. The maximum atomic E-state index is 10.9. The van der Waals surface area contributed by atoms with Crippen molar-refractivity contribution >= 4 is 28.7 Å². The second kappa shape index (κ2) is 5.41. The zero-order valence-corrected chi connectivity index (χ0v) is 9.76. The number of hydrogen-bond acceptors (Lipinski definition) is 2. The van der Waals surface area contributed by atoms with Crippen molar-refractivity contribution in [2.45, 2.75) is 0 Å². The van der Waals surface area contributed by atoms with E-state index in [0.717, 1.165) is 11.3 Å². The van der Waals surface area contributed by atoms with Crippen molar-refractivity contribution in [1.29, 1.82) is 0 Å². The molecule has 0 atom stereocenters. The largest absolute Gasteiger partial charge is 0.276 e. The Morgan fingerprint density at radius 1 is 1.00 bits per heavy atom. The van der Waals surface area contributed by atoms with Gasteiger partial charge in [0.25, 0.3) is 5.24 Å². The van der Waals surface area contributed by atoms with Gasteiger partial charge in [-0.1, -0.05) is 30.3 Å². The van der Waals surface area contributed by atoms with Gasteiger partial charge in [0.1, 0.15) is 0 Å². The van der Waals surface area contributed by atoms with Gasteiger partial charge in [0, 0.05) is 11.8 Å². The molecule has 84 valence electrons. The van der Waals surface area contributed by atoms with Gasteiger partial charge in [-0.3, -0.25) is 9.79 Å². The quantitative estimate of drug-likeness (QED) is 0.595. The summed E-state index contributed by atoms with van der Waals surface area (Å²) in [6.07, 6.45) is 1.78. The Bertz CT molecular complexity index is 532. The summed E-state index contributed by atoms with van der Waals surface area (Å²) in [6.45, 7) is 0. The third kappa shape index (κ3) is 3.26. The number of carbonyl (C=O) groups excluding carboxylic acids is 1. The van der Waals surface area contributed by atoms with Crippen molar-refractivity contribution in [2.75, 3.05) is 0 Å². The van der Waals surface area contributed by atoms with E-state index in [0.29, 0.717) is 5.56 Å². The summed E-state index contributed by atoms with van der Waals surface area (Å²) in [4.78, 5) is 15.2. The fourth-order valence-electron chi connectivity index (χ4n) is 1.37. The zero-order chi connectivity index (χ0) is 12.1. The fraction of sp³-hybridized carbons (Fsp3) is 0. The first kappa shape index (κ1) is 11.6. The summed E-state index contributed by atoms with van der Waals surface area (Å²) in [5, 5.41) is -0.455. The van der Waals surface area contributed by atoms with Crippen molar-refractivity contribution < 1.29 is 4.79 Å². The first-order valence-corrected chi connectivity index (χ1v) is 5.52. The Kier molecular flexibility index (Phi) is 3.68. The highest BCUT2D eigenvalue weighted by molar-refractivity contribution is 6.67. The summed E-state index contributed by atoms with van der Waals surface area (Å²) < 4.78 is 0. The van der Waals surface area contributed by atoms with Gasteiger partial charge in [-0.15, -0.1) is 0 Å². The summed E-state index contributed by atoms with van der Waals surface area (Å²) in [7, 11) is 0. The predicted octanol–water partition coefficient (Wildman–Crippen LogP) is 3.82. The molecule has 0 aromatic heterocycles. The lowest BCUT2D eigenvalue weighted by molar-refractivity contribution is 0.108. The van der Waals surface area contributed by atoms with E-state index in [1.165, 1.54) is 0 Å². The highest BCUT2D eigenvalue weighted by Crippen LogP contribution is 2.14. The van der Waals surface area contributed by atoms with Crippen LogP contribution in [0, 0.1) is 0 Å². The minimum Gasteiger partial charge on any atom is -0.276 e. The van der Waals surface area contributed by atoms with Gasteiger partial charge in [-0.25, -0.2) is 0 Å². The lowest BCUT2D eigenvalue weighted by Crippen LogP contribution is -1.86. The molecule has 0 aliphatic heterocycles. The Morgan fingerprint density at radius 3 is 2.24 bits per heavy atom. The van der Waals surface area contributed by atoms with E-state index in [4.69, 9.17) is 11.6 Å². The van der Waals surface area contributed by atoms with Crippen molar-refractivity contribution in [1.82, 2.24) is 0 Å². The smallest absolute Gasteiger partial charge is 0.252 e. The summed E-state index contributed by atoms with van der Waals surface area (Å²) in [5.41, 5.74) is 2.30. The van der Waals surface area contributed by atoms with Crippen LogP contribution in [0.4, 0.5) is 5.69 Å². The maximum absolute atomic E-state index is 10.9. The highest BCUT2D eigenvalue weighted by atomic mass is 35.5. The van der Waals surface area contributed by atoms with Gasteiger partial charge < -0.3 is 0 Å². The molecule has 17 heavy (non-hydrogen) atoms. The molecule has 0 saturated heterocycles. The molecule has 3 heteroatoms. The van der Waals surface area contributed by atoms with E-state index >= 15 is 0 Å². The minimum atomic E-state index is -0.455.